The minimum Gasteiger partial charge on any atom is -0.339 e. The first-order valence-corrected chi connectivity index (χ1v) is 11.1. The first-order chi connectivity index (χ1) is 12.9. The van der Waals surface area contributed by atoms with Crippen molar-refractivity contribution in [3.8, 4) is 0 Å². The molecule has 2 amide bonds. The highest BCUT2D eigenvalue weighted by Gasteiger charge is 2.43. The number of piperazine rings is 1. The van der Waals surface area contributed by atoms with E-state index < -0.39 is 9.84 Å². The number of aromatic nitrogens is 2. The molecule has 2 unspecified atom stereocenters. The molecule has 0 saturated carbocycles. The number of rotatable bonds is 3. The van der Waals surface area contributed by atoms with Crippen molar-refractivity contribution in [2.75, 3.05) is 49.1 Å². The molecule has 9 nitrogen and oxygen atoms in total. The normalized spacial score (nSPS) is 28.0. The van der Waals surface area contributed by atoms with Crippen molar-refractivity contribution in [2.45, 2.75) is 18.9 Å². The fraction of sp³-hybridized carbons (Fsp3) is 0.647. The second kappa shape index (κ2) is 7.06. The number of likely N-dealkylation sites (tertiary alicyclic amines) is 1. The minimum atomic E-state index is -3.05. The van der Waals surface area contributed by atoms with E-state index in [0.29, 0.717) is 45.1 Å². The van der Waals surface area contributed by atoms with Gasteiger partial charge in [0.25, 0.3) is 0 Å². The van der Waals surface area contributed by atoms with Gasteiger partial charge in [0.05, 0.1) is 17.4 Å². The molecular formula is C17H23N5O4S. The van der Waals surface area contributed by atoms with Crippen LogP contribution < -0.4 is 4.90 Å². The molecule has 27 heavy (non-hydrogen) atoms. The van der Waals surface area contributed by atoms with Crippen LogP contribution in [0.1, 0.15) is 12.8 Å². The Morgan fingerprint density at radius 1 is 1.11 bits per heavy atom. The zero-order chi connectivity index (χ0) is 19.0. The van der Waals surface area contributed by atoms with E-state index in [1.54, 1.807) is 28.3 Å². The van der Waals surface area contributed by atoms with Crippen LogP contribution in [0.5, 0.6) is 0 Å². The Bertz CT molecular complexity index is 823. The highest BCUT2D eigenvalue weighted by atomic mass is 32.2. The zero-order valence-corrected chi connectivity index (χ0v) is 15.8. The smallest absolute Gasteiger partial charge is 0.228 e. The predicted octanol–water partition coefficient (Wildman–Crippen LogP) is -0.839. The van der Waals surface area contributed by atoms with Crippen LogP contribution in [0.4, 0.5) is 5.95 Å². The van der Waals surface area contributed by atoms with Crippen molar-refractivity contribution in [3.05, 3.63) is 18.5 Å². The van der Waals surface area contributed by atoms with Gasteiger partial charge in [0.15, 0.2) is 9.84 Å². The van der Waals surface area contributed by atoms with Gasteiger partial charge in [-0.2, -0.15) is 0 Å². The van der Waals surface area contributed by atoms with Crippen molar-refractivity contribution < 1.29 is 18.0 Å². The van der Waals surface area contributed by atoms with Crippen molar-refractivity contribution in [1.82, 2.24) is 19.8 Å². The van der Waals surface area contributed by atoms with Crippen LogP contribution >= 0.6 is 0 Å². The monoisotopic (exact) mass is 393 g/mol. The van der Waals surface area contributed by atoms with Crippen molar-refractivity contribution >= 4 is 27.6 Å². The van der Waals surface area contributed by atoms with Gasteiger partial charge in [-0.15, -0.1) is 0 Å². The Morgan fingerprint density at radius 2 is 1.81 bits per heavy atom. The quantitative estimate of drug-likeness (QED) is 0.660. The van der Waals surface area contributed by atoms with Gasteiger partial charge in [-0.05, 0) is 12.5 Å². The number of carbonyl (C=O) groups excluding carboxylic acids is 2. The number of nitrogens with zero attached hydrogens (tertiary/aromatic N) is 5. The lowest BCUT2D eigenvalue weighted by atomic mass is 10.1. The maximum absolute atomic E-state index is 12.9. The molecule has 3 saturated heterocycles. The number of amides is 2. The topological polar surface area (TPSA) is 104 Å². The summed E-state index contributed by atoms with van der Waals surface area (Å²) in [4.78, 5) is 39.1. The van der Waals surface area contributed by atoms with Crippen LogP contribution in [-0.2, 0) is 19.4 Å². The van der Waals surface area contributed by atoms with Gasteiger partial charge in [0.2, 0.25) is 17.8 Å². The summed E-state index contributed by atoms with van der Waals surface area (Å²) in [7, 11) is -3.05. The lowest BCUT2D eigenvalue weighted by molar-refractivity contribution is -0.136. The van der Waals surface area contributed by atoms with E-state index >= 15 is 0 Å². The molecule has 2 atom stereocenters. The Hall–Kier alpha value is -2.23. The second-order valence-electron chi connectivity index (χ2n) is 7.37. The summed E-state index contributed by atoms with van der Waals surface area (Å²) in [6.07, 6.45) is 4.05. The Kier molecular flexibility index (Phi) is 4.75. The summed E-state index contributed by atoms with van der Waals surface area (Å²) in [6.45, 7) is 2.78. The SMILES string of the molecule is O=C(C1CC(=O)N(C2CCS(=O)(=O)C2)C1)N1CCN(c2ncccn2)CC1. The summed E-state index contributed by atoms with van der Waals surface area (Å²) < 4.78 is 23.4. The van der Waals surface area contributed by atoms with Crippen LogP contribution in [-0.4, -0.2) is 90.3 Å². The molecule has 3 aliphatic heterocycles. The Labute approximate surface area is 158 Å². The van der Waals surface area contributed by atoms with E-state index in [4.69, 9.17) is 0 Å². The second-order valence-corrected chi connectivity index (χ2v) is 9.59. The molecule has 10 heteroatoms. The molecule has 0 radical (unpaired) electrons. The average Bonchev–Trinajstić information content (AvgIpc) is 3.24. The fourth-order valence-electron chi connectivity index (χ4n) is 4.11. The van der Waals surface area contributed by atoms with Crippen molar-refractivity contribution in [2.24, 2.45) is 5.92 Å². The molecule has 0 bridgehead atoms. The van der Waals surface area contributed by atoms with E-state index in [1.165, 1.54) is 0 Å². The average molecular weight is 393 g/mol. The summed E-state index contributed by atoms with van der Waals surface area (Å²) >= 11 is 0. The number of sulfone groups is 1. The van der Waals surface area contributed by atoms with E-state index in [9.17, 15) is 18.0 Å². The molecule has 0 N–H and O–H groups in total. The van der Waals surface area contributed by atoms with Gasteiger partial charge in [0, 0.05) is 57.6 Å². The maximum Gasteiger partial charge on any atom is 0.228 e. The largest absolute Gasteiger partial charge is 0.339 e. The third kappa shape index (κ3) is 3.76. The molecule has 4 heterocycles. The first kappa shape index (κ1) is 18.1. The van der Waals surface area contributed by atoms with Gasteiger partial charge < -0.3 is 14.7 Å². The number of anilines is 1. The summed E-state index contributed by atoms with van der Waals surface area (Å²) in [5, 5.41) is 0. The molecule has 1 aromatic rings. The molecule has 3 aliphatic rings. The third-order valence-electron chi connectivity index (χ3n) is 5.58. The summed E-state index contributed by atoms with van der Waals surface area (Å²) in [5.41, 5.74) is 0. The van der Waals surface area contributed by atoms with Gasteiger partial charge in [-0.25, -0.2) is 18.4 Å². The van der Waals surface area contributed by atoms with Crippen LogP contribution in [0, 0.1) is 5.92 Å². The molecule has 3 fully saturated rings. The van der Waals surface area contributed by atoms with Crippen molar-refractivity contribution in [3.63, 3.8) is 0 Å². The van der Waals surface area contributed by atoms with Crippen LogP contribution in [0.2, 0.25) is 0 Å². The molecule has 4 rings (SSSR count). The van der Waals surface area contributed by atoms with Gasteiger partial charge in [-0.1, -0.05) is 0 Å². The van der Waals surface area contributed by atoms with Gasteiger partial charge in [0.1, 0.15) is 0 Å². The highest BCUT2D eigenvalue weighted by Crippen LogP contribution is 2.27. The van der Waals surface area contributed by atoms with E-state index in [2.05, 4.69) is 9.97 Å². The van der Waals surface area contributed by atoms with Crippen LogP contribution in [0.15, 0.2) is 18.5 Å². The molecule has 0 spiro atoms. The van der Waals surface area contributed by atoms with E-state index in [0.717, 1.165) is 0 Å². The summed E-state index contributed by atoms with van der Waals surface area (Å²) in [5.74, 6) is 0.320. The van der Waals surface area contributed by atoms with Gasteiger partial charge >= 0.3 is 0 Å². The maximum atomic E-state index is 12.9. The number of hydrogen-bond acceptors (Lipinski definition) is 7. The zero-order valence-electron chi connectivity index (χ0n) is 15.0. The minimum absolute atomic E-state index is 0.0136. The highest BCUT2D eigenvalue weighted by molar-refractivity contribution is 7.91. The van der Waals surface area contributed by atoms with E-state index in [-0.39, 0.29) is 41.7 Å². The molecule has 146 valence electrons. The first-order valence-electron chi connectivity index (χ1n) is 9.23. The third-order valence-corrected chi connectivity index (χ3v) is 7.33. The van der Waals surface area contributed by atoms with E-state index in [1.807, 2.05) is 4.90 Å². The lowest BCUT2D eigenvalue weighted by Crippen LogP contribution is -2.51. The number of carbonyl (C=O) groups is 2. The predicted molar refractivity (Wildman–Crippen MR) is 97.7 cm³/mol. The molecule has 1 aromatic heterocycles. The number of hydrogen-bond donors (Lipinski definition) is 0. The molecule has 0 aliphatic carbocycles. The molecular weight excluding hydrogens is 370 g/mol. The Morgan fingerprint density at radius 3 is 2.44 bits per heavy atom. The van der Waals surface area contributed by atoms with Crippen LogP contribution in [0.25, 0.3) is 0 Å². The Balaban J connectivity index is 1.34. The lowest BCUT2D eigenvalue weighted by Gasteiger charge is -2.35. The fourth-order valence-corrected chi connectivity index (χ4v) is 5.84. The van der Waals surface area contributed by atoms with Gasteiger partial charge in [-0.3, -0.25) is 9.59 Å². The standard InChI is InChI=1S/C17H23N5O4S/c23-15-10-13(11-22(15)14-2-9-27(25,26)12-14)16(24)20-5-7-21(8-6-20)17-18-3-1-4-19-17/h1,3-4,13-14H,2,5-12H2. The van der Waals surface area contributed by atoms with Crippen LogP contribution in [0.3, 0.4) is 0 Å². The van der Waals surface area contributed by atoms with Crippen molar-refractivity contribution in [1.29, 1.82) is 0 Å². The summed E-state index contributed by atoms with van der Waals surface area (Å²) in [6, 6.07) is 1.49. The molecule has 0 aromatic carbocycles.